The number of anilines is 1. The molecule has 0 spiro atoms. The molecule has 3 aromatic carbocycles. The van der Waals surface area contributed by atoms with Gasteiger partial charge in [0.2, 0.25) is 10.0 Å². The Balaban J connectivity index is 1.55. The molecule has 0 saturated heterocycles. The molecule has 1 heterocycles. The minimum Gasteiger partial charge on any atom is -0.298 e. The molecule has 30 heavy (non-hydrogen) atoms. The second-order valence-corrected chi connectivity index (χ2v) is 9.50. The highest BCUT2D eigenvalue weighted by molar-refractivity contribution is 7.89. The molecule has 0 atom stereocenters. The van der Waals surface area contributed by atoms with E-state index in [2.05, 4.69) is 15.0 Å². The van der Waals surface area contributed by atoms with E-state index in [4.69, 9.17) is 0 Å². The molecule has 0 aliphatic heterocycles. The fourth-order valence-electron chi connectivity index (χ4n) is 2.98. The lowest BCUT2D eigenvalue weighted by Gasteiger charge is -2.11. The Kier molecular flexibility index (Phi) is 5.63. The number of fused-ring (bicyclic) bond motifs is 1. The van der Waals surface area contributed by atoms with Crippen LogP contribution in [0.3, 0.4) is 0 Å². The van der Waals surface area contributed by atoms with Gasteiger partial charge in [-0.3, -0.25) is 10.1 Å². The number of carbonyl (C=O) groups excluding carboxylic acids is 1. The summed E-state index contributed by atoms with van der Waals surface area (Å²) in [7, 11) is -3.78. The summed E-state index contributed by atoms with van der Waals surface area (Å²) >= 11 is 1.37. The number of hydrogen-bond donors (Lipinski definition) is 2. The molecule has 1 amide bonds. The maximum atomic E-state index is 12.8. The van der Waals surface area contributed by atoms with E-state index in [9.17, 15) is 13.2 Å². The molecule has 1 aromatic heterocycles. The number of thiazole rings is 1. The van der Waals surface area contributed by atoms with Crippen LogP contribution in [-0.2, 0) is 16.6 Å². The van der Waals surface area contributed by atoms with Gasteiger partial charge < -0.3 is 0 Å². The third-order valence-corrected chi connectivity index (χ3v) is 7.06. The largest absolute Gasteiger partial charge is 0.298 e. The van der Waals surface area contributed by atoms with E-state index in [-0.39, 0.29) is 17.0 Å². The van der Waals surface area contributed by atoms with Crippen LogP contribution in [0.1, 0.15) is 21.5 Å². The maximum Gasteiger partial charge on any atom is 0.257 e. The molecule has 0 saturated carbocycles. The predicted molar refractivity (Wildman–Crippen MR) is 119 cm³/mol. The number of nitrogens with zero attached hydrogens (tertiary/aromatic N) is 1. The summed E-state index contributed by atoms with van der Waals surface area (Å²) in [4.78, 5) is 17.2. The van der Waals surface area contributed by atoms with E-state index >= 15 is 0 Å². The number of benzene rings is 3. The molecule has 4 aromatic rings. The quantitative estimate of drug-likeness (QED) is 0.470. The molecule has 0 radical (unpaired) electrons. The van der Waals surface area contributed by atoms with Gasteiger partial charge in [0.05, 0.1) is 15.1 Å². The van der Waals surface area contributed by atoms with Gasteiger partial charge in [-0.1, -0.05) is 59.9 Å². The fourth-order valence-corrected chi connectivity index (χ4v) is 5.12. The normalized spacial score (nSPS) is 11.5. The van der Waals surface area contributed by atoms with Crippen LogP contribution in [0.25, 0.3) is 10.2 Å². The maximum absolute atomic E-state index is 12.8. The van der Waals surface area contributed by atoms with Crippen LogP contribution >= 0.6 is 11.3 Å². The van der Waals surface area contributed by atoms with E-state index < -0.39 is 15.9 Å². The summed E-state index contributed by atoms with van der Waals surface area (Å²) in [5, 5.41) is 3.22. The second kappa shape index (κ2) is 8.35. The number of amides is 1. The fraction of sp³-hybridized carbons (Fsp3) is 0.0909. The molecule has 0 bridgehead atoms. The minimum absolute atomic E-state index is 0.0791. The van der Waals surface area contributed by atoms with E-state index in [1.54, 1.807) is 19.1 Å². The standard InChI is InChI=1S/C22H19N3O3S2/c1-15-11-12-17(21(26)25-22-24-18-9-5-6-10-19(18)29-22)13-20(15)30(27,28)23-14-16-7-3-2-4-8-16/h2-13,23H,14H2,1H3,(H,24,25,26). The Morgan fingerprint density at radius 1 is 1.00 bits per heavy atom. The Morgan fingerprint density at radius 2 is 1.73 bits per heavy atom. The van der Waals surface area contributed by atoms with Crippen molar-refractivity contribution in [2.45, 2.75) is 18.4 Å². The number of aromatic nitrogens is 1. The molecular formula is C22H19N3O3S2. The summed E-state index contributed by atoms with van der Waals surface area (Å²) in [5.41, 5.74) is 2.46. The van der Waals surface area contributed by atoms with Crippen molar-refractivity contribution in [2.75, 3.05) is 5.32 Å². The first kappa shape index (κ1) is 20.2. The highest BCUT2D eigenvalue weighted by Gasteiger charge is 2.19. The van der Waals surface area contributed by atoms with Crippen LogP contribution in [0.2, 0.25) is 0 Å². The molecule has 8 heteroatoms. The molecule has 4 rings (SSSR count). The predicted octanol–water partition coefficient (Wildman–Crippen LogP) is 4.34. The monoisotopic (exact) mass is 437 g/mol. The van der Waals surface area contributed by atoms with Gasteiger partial charge in [0, 0.05) is 12.1 Å². The molecular weight excluding hydrogens is 418 g/mol. The summed E-state index contributed by atoms with van der Waals surface area (Å²) in [6, 6.07) is 21.5. The lowest BCUT2D eigenvalue weighted by molar-refractivity contribution is 0.102. The number of nitrogens with one attached hydrogen (secondary N) is 2. The second-order valence-electron chi connectivity index (χ2n) is 6.73. The third-order valence-electron chi connectivity index (χ3n) is 4.56. The average molecular weight is 438 g/mol. The van der Waals surface area contributed by atoms with Crippen LogP contribution in [-0.4, -0.2) is 19.3 Å². The van der Waals surface area contributed by atoms with E-state index in [0.717, 1.165) is 15.8 Å². The van der Waals surface area contributed by atoms with Crippen molar-refractivity contribution >= 4 is 42.6 Å². The first-order chi connectivity index (χ1) is 14.4. The van der Waals surface area contributed by atoms with Crippen LogP contribution in [0.5, 0.6) is 0 Å². The lowest BCUT2D eigenvalue weighted by Crippen LogP contribution is -2.24. The van der Waals surface area contributed by atoms with Crippen molar-refractivity contribution in [1.82, 2.24) is 9.71 Å². The molecule has 0 fully saturated rings. The Labute approximate surface area is 178 Å². The summed E-state index contributed by atoms with van der Waals surface area (Å²) in [5.74, 6) is -0.409. The van der Waals surface area contributed by atoms with E-state index in [1.807, 2.05) is 54.6 Å². The zero-order chi connectivity index (χ0) is 21.1. The number of aryl methyl sites for hydroxylation is 1. The Hall–Kier alpha value is -3.07. The van der Waals surface area contributed by atoms with Crippen LogP contribution in [0.4, 0.5) is 5.13 Å². The molecule has 152 valence electrons. The van der Waals surface area contributed by atoms with Gasteiger partial charge in [0.25, 0.3) is 5.91 Å². The lowest BCUT2D eigenvalue weighted by atomic mass is 10.1. The number of para-hydroxylation sites is 1. The average Bonchev–Trinajstić information content (AvgIpc) is 3.15. The minimum atomic E-state index is -3.78. The van der Waals surface area contributed by atoms with Gasteiger partial charge in [0.15, 0.2) is 5.13 Å². The zero-order valence-corrected chi connectivity index (χ0v) is 17.8. The first-order valence-corrected chi connectivity index (χ1v) is 11.5. The molecule has 2 N–H and O–H groups in total. The Morgan fingerprint density at radius 3 is 2.50 bits per heavy atom. The number of sulfonamides is 1. The van der Waals surface area contributed by atoms with E-state index in [1.165, 1.54) is 17.4 Å². The molecule has 6 nitrogen and oxygen atoms in total. The molecule has 0 unspecified atom stereocenters. The van der Waals surface area contributed by atoms with Crippen molar-refractivity contribution in [3.05, 3.63) is 89.5 Å². The zero-order valence-electron chi connectivity index (χ0n) is 16.1. The summed E-state index contributed by atoms with van der Waals surface area (Å²) in [6.07, 6.45) is 0. The number of carbonyl (C=O) groups is 1. The highest BCUT2D eigenvalue weighted by atomic mass is 32.2. The van der Waals surface area contributed by atoms with Gasteiger partial charge >= 0.3 is 0 Å². The summed E-state index contributed by atoms with van der Waals surface area (Å²) < 4.78 is 29.2. The molecule has 0 aliphatic rings. The van der Waals surface area contributed by atoms with Crippen LogP contribution in [0.15, 0.2) is 77.7 Å². The third kappa shape index (κ3) is 4.40. The van der Waals surface area contributed by atoms with Crippen molar-refractivity contribution in [3.63, 3.8) is 0 Å². The van der Waals surface area contributed by atoms with Crippen molar-refractivity contribution in [1.29, 1.82) is 0 Å². The molecule has 0 aliphatic carbocycles. The van der Waals surface area contributed by atoms with E-state index in [0.29, 0.717) is 10.7 Å². The number of hydrogen-bond acceptors (Lipinski definition) is 5. The summed E-state index contributed by atoms with van der Waals surface area (Å²) in [6.45, 7) is 1.87. The van der Waals surface area contributed by atoms with Crippen molar-refractivity contribution < 1.29 is 13.2 Å². The SMILES string of the molecule is Cc1ccc(C(=O)Nc2nc3ccccc3s2)cc1S(=O)(=O)NCc1ccccc1. The topological polar surface area (TPSA) is 88.2 Å². The van der Waals surface area contributed by atoms with Gasteiger partial charge in [-0.15, -0.1) is 0 Å². The van der Waals surface area contributed by atoms with Crippen LogP contribution in [0, 0.1) is 6.92 Å². The Bertz CT molecular complexity index is 1280. The number of rotatable bonds is 6. The van der Waals surface area contributed by atoms with Gasteiger partial charge in [0.1, 0.15) is 0 Å². The van der Waals surface area contributed by atoms with Crippen molar-refractivity contribution in [2.24, 2.45) is 0 Å². The van der Waals surface area contributed by atoms with Crippen molar-refractivity contribution in [3.8, 4) is 0 Å². The van der Waals surface area contributed by atoms with Gasteiger partial charge in [-0.05, 0) is 42.3 Å². The highest BCUT2D eigenvalue weighted by Crippen LogP contribution is 2.26. The van der Waals surface area contributed by atoms with Crippen LogP contribution < -0.4 is 10.0 Å². The van der Waals surface area contributed by atoms with Gasteiger partial charge in [-0.2, -0.15) is 0 Å². The smallest absolute Gasteiger partial charge is 0.257 e. The first-order valence-electron chi connectivity index (χ1n) is 9.23. The van der Waals surface area contributed by atoms with Gasteiger partial charge in [-0.25, -0.2) is 18.1 Å².